The van der Waals surface area contributed by atoms with E-state index in [9.17, 15) is 5.11 Å². The standard InChI is InChI=1S/C16H33O.Na/c1-4-16(5-2,6-3)14-12-10-8-7-9-11-13-15-17;/h4-15H2,1-3H3;/q-1;+1. The fourth-order valence-corrected chi connectivity index (χ4v) is 2.77. The van der Waals surface area contributed by atoms with Crippen LogP contribution in [0, 0.1) is 5.41 Å². The molecule has 0 aliphatic heterocycles. The summed E-state index contributed by atoms with van der Waals surface area (Å²) < 4.78 is 0. The van der Waals surface area contributed by atoms with Crippen LogP contribution in [0.3, 0.4) is 0 Å². The van der Waals surface area contributed by atoms with Gasteiger partial charge in [-0.2, -0.15) is 0 Å². The van der Waals surface area contributed by atoms with E-state index in [0.29, 0.717) is 5.41 Å². The van der Waals surface area contributed by atoms with Gasteiger partial charge in [-0.05, 0) is 11.8 Å². The first-order chi connectivity index (χ1) is 8.24. The fraction of sp³-hybridized carbons (Fsp3) is 1.00. The SMILES string of the molecule is CCC(CC)(CC)CCCCCCCCC[O-].[Na+]. The molecule has 0 spiro atoms. The Balaban J connectivity index is 0. The van der Waals surface area contributed by atoms with E-state index >= 15 is 0 Å². The van der Waals surface area contributed by atoms with Crippen molar-refractivity contribution in [3.8, 4) is 0 Å². The van der Waals surface area contributed by atoms with Gasteiger partial charge in [-0.25, -0.2) is 0 Å². The Bertz CT molecular complexity index is 147. The van der Waals surface area contributed by atoms with E-state index in [1.165, 1.54) is 57.8 Å². The Morgan fingerprint density at radius 2 is 1.06 bits per heavy atom. The first-order valence-corrected chi connectivity index (χ1v) is 7.82. The molecule has 0 aromatic carbocycles. The molecule has 0 atom stereocenters. The molecule has 0 saturated carbocycles. The maximum absolute atomic E-state index is 10.3. The average molecular weight is 264 g/mol. The van der Waals surface area contributed by atoms with E-state index in [-0.39, 0.29) is 36.2 Å². The van der Waals surface area contributed by atoms with Crippen LogP contribution in [0.1, 0.15) is 91.4 Å². The molecule has 0 aromatic rings. The second kappa shape index (κ2) is 14.4. The Labute approximate surface area is 137 Å². The van der Waals surface area contributed by atoms with E-state index in [1.54, 1.807) is 0 Å². The summed E-state index contributed by atoms with van der Waals surface area (Å²) in [7, 11) is 0. The minimum absolute atomic E-state index is 0. The van der Waals surface area contributed by atoms with Gasteiger partial charge in [0.25, 0.3) is 0 Å². The van der Waals surface area contributed by atoms with E-state index in [1.807, 2.05) is 0 Å². The van der Waals surface area contributed by atoms with E-state index < -0.39 is 0 Å². The molecule has 0 amide bonds. The summed E-state index contributed by atoms with van der Waals surface area (Å²) in [5.74, 6) is 0. The van der Waals surface area contributed by atoms with Crippen LogP contribution in [0.4, 0.5) is 0 Å². The van der Waals surface area contributed by atoms with Crippen molar-refractivity contribution in [3.05, 3.63) is 0 Å². The zero-order chi connectivity index (χ0) is 13.0. The molecule has 0 rings (SSSR count). The number of hydrogen-bond donors (Lipinski definition) is 0. The minimum atomic E-state index is 0. The van der Waals surface area contributed by atoms with Crippen LogP contribution in [0.2, 0.25) is 0 Å². The van der Waals surface area contributed by atoms with Crippen molar-refractivity contribution in [2.75, 3.05) is 6.61 Å². The van der Waals surface area contributed by atoms with E-state index in [2.05, 4.69) is 20.8 Å². The van der Waals surface area contributed by atoms with Gasteiger partial charge in [0.05, 0.1) is 0 Å². The van der Waals surface area contributed by atoms with E-state index in [0.717, 1.165) is 12.8 Å². The van der Waals surface area contributed by atoms with E-state index in [4.69, 9.17) is 0 Å². The summed E-state index contributed by atoms with van der Waals surface area (Å²) in [4.78, 5) is 0. The third-order valence-electron chi connectivity index (χ3n) is 4.60. The van der Waals surface area contributed by atoms with Crippen LogP contribution in [0.15, 0.2) is 0 Å². The van der Waals surface area contributed by atoms with Gasteiger partial charge in [0.1, 0.15) is 0 Å². The first-order valence-electron chi connectivity index (χ1n) is 7.82. The quantitative estimate of drug-likeness (QED) is 0.388. The van der Waals surface area contributed by atoms with Crippen molar-refractivity contribution >= 4 is 0 Å². The summed E-state index contributed by atoms with van der Waals surface area (Å²) in [5.41, 5.74) is 0.628. The van der Waals surface area contributed by atoms with Crippen molar-refractivity contribution in [2.24, 2.45) is 5.41 Å². The summed E-state index contributed by atoms with van der Waals surface area (Å²) in [6.07, 6.45) is 14.2. The van der Waals surface area contributed by atoms with Crippen LogP contribution in [0.25, 0.3) is 0 Å². The molecular formula is C16H33NaO. The second-order valence-electron chi connectivity index (χ2n) is 5.49. The maximum atomic E-state index is 10.3. The Morgan fingerprint density at radius 3 is 1.44 bits per heavy atom. The van der Waals surface area contributed by atoms with Crippen LogP contribution in [-0.2, 0) is 0 Å². The van der Waals surface area contributed by atoms with Crippen molar-refractivity contribution < 1.29 is 34.7 Å². The molecule has 1 nitrogen and oxygen atoms in total. The number of unbranched alkanes of at least 4 members (excludes halogenated alkanes) is 6. The van der Waals surface area contributed by atoms with Crippen molar-refractivity contribution in [3.63, 3.8) is 0 Å². The first kappa shape index (κ1) is 21.3. The molecule has 18 heavy (non-hydrogen) atoms. The van der Waals surface area contributed by atoms with Gasteiger partial charge in [-0.1, -0.05) is 85.0 Å². The van der Waals surface area contributed by atoms with Crippen LogP contribution in [-0.4, -0.2) is 6.61 Å². The zero-order valence-corrected chi connectivity index (χ0v) is 15.4. The van der Waals surface area contributed by atoms with Crippen molar-refractivity contribution in [1.29, 1.82) is 0 Å². The maximum Gasteiger partial charge on any atom is 1.00 e. The molecule has 104 valence electrons. The predicted octanol–water partition coefficient (Wildman–Crippen LogP) is 1.69. The molecule has 0 saturated heterocycles. The summed E-state index contributed by atoms with van der Waals surface area (Å²) in [5, 5.41) is 10.3. The molecular weight excluding hydrogens is 231 g/mol. The van der Waals surface area contributed by atoms with Gasteiger partial charge >= 0.3 is 29.6 Å². The number of hydrogen-bond acceptors (Lipinski definition) is 1. The van der Waals surface area contributed by atoms with Gasteiger partial charge in [-0.15, -0.1) is 6.61 Å². The number of rotatable bonds is 12. The Hall–Kier alpha value is 0.960. The van der Waals surface area contributed by atoms with Crippen LogP contribution in [0.5, 0.6) is 0 Å². The van der Waals surface area contributed by atoms with Gasteiger partial charge in [0, 0.05) is 0 Å². The fourth-order valence-electron chi connectivity index (χ4n) is 2.77. The average Bonchev–Trinajstić information content (AvgIpc) is 2.38. The second-order valence-corrected chi connectivity index (χ2v) is 5.49. The molecule has 0 aliphatic carbocycles. The molecule has 0 fully saturated rings. The molecule has 2 heteroatoms. The smallest absolute Gasteiger partial charge is 0.854 e. The monoisotopic (exact) mass is 264 g/mol. The minimum Gasteiger partial charge on any atom is -0.854 e. The predicted molar refractivity (Wildman–Crippen MR) is 75.1 cm³/mol. The Morgan fingerprint density at radius 1 is 0.667 bits per heavy atom. The van der Waals surface area contributed by atoms with Gasteiger partial charge in [-0.3, -0.25) is 0 Å². The Kier molecular flexibility index (Phi) is 17.0. The third-order valence-corrected chi connectivity index (χ3v) is 4.60. The van der Waals surface area contributed by atoms with Crippen molar-refractivity contribution in [2.45, 2.75) is 91.4 Å². The third kappa shape index (κ3) is 9.83. The molecule has 0 bridgehead atoms. The largest absolute Gasteiger partial charge is 1.00 e. The van der Waals surface area contributed by atoms with Gasteiger partial charge in [0.15, 0.2) is 0 Å². The van der Waals surface area contributed by atoms with Crippen LogP contribution >= 0.6 is 0 Å². The zero-order valence-electron chi connectivity index (χ0n) is 13.4. The van der Waals surface area contributed by atoms with Crippen molar-refractivity contribution in [1.82, 2.24) is 0 Å². The van der Waals surface area contributed by atoms with Crippen LogP contribution < -0.4 is 34.7 Å². The molecule has 0 heterocycles. The van der Waals surface area contributed by atoms with Gasteiger partial charge < -0.3 is 5.11 Å². The molecule has 0 aliphatic rings. The molecule has 0 radical (unpaired) electrons. The summed E-state index contributed by atoms with van der Waals surface area (Å²) in [6.45, 7) is 7.15. The van der Waals surface area contributed by atoms with Gasteiger partial charge in [0.2, 0.25) is 0 Å². The normalized spacial score (nSPS) is 11.3. The topological polar surface area (TPSA) is 23.1 Å². The molecule has 0 N–H and O–H groups in total. The molecule has 0 unspecified atom stereocenters. The molecule has 0 aromatic heterocycles. The summed E-state index contributed by atoms with van der Waals surface area (Å²) in [6, 6.07) is 0. The summed E-state index contributed by atoms with van der Waals surface area (Å²) >= 11 is 0.